The molecule has 0 aromatic heterocycles. The van der Waals surface area contributed by atoms with Crippen LogP contribution in [0.3, 0.4) is 0 Å². The maximum Gasteiger partial charge on any atom is 0.0411 e. The van der Waals surface area contributed by atoms with E-state index in [1.54, 1.807) is 0 Å². The number of benzene rings is 1. The van der Waals surface area contributed by atoms with E-state index in [9.17, 15) is 0 Å². The molecule has 0 atom stereocenters. The second-order valence-electron chi connectivity index (χ2n) is 3.50. The van der Waals surface area contributed by atoms with E-state index in [-0.39, 0.29) is 0 Å². The van der Waals surface area contributed by atoms with E-state index < -0.39 is 0 Å². The number of alkyl halides is 1. The number of nitrogen functional groups attached to an aromatic ring is 1. The van der Waals surface area contributed by atoms with Gasteiger partial charge in [-0.2, -0.15) is 0 Å². The van der Waals surface area contributed by atoms with Gasteiger partial charge in [-0.05, 0) is 29.7 Å². The summed E-state index contributed by atoms with van der Waals surface area (Å²) in [4.78, 5) is 0. The van der Waals surface area contributed by atoms with Crippen molar-refractivity contribution in [3.63, 3.8) is 0 Å². The largest absolute Gasteiger partial charge is 0.401 e. The van der Waals surface area contributed by atoms with Crippen LogP contribution >= 0.6 is 22.6 Å². The fourth-order valence-corrected chi connectivity index (χ4v) is 2.55. The molecule has 1 aliphatic rings. The highest BCUT2D eigenvalue weighted by atomic mass is 127. The molecule has 0 radical (unpaired) electrons. The fourth-order valence-electron chi connectivity index (χ4n) is 1.88. The number of fused-ring (bicyclic) bond motifs is 1. The van der Waals surface area contributed by atoms with Gasteiger partial charge < -0.3 is 11.5 Å². The molecule has 0 saturated heterocycles. The van der Waals surface area contributed by atoms with E-state index in [4.69, 9.17) is 11.5 Å². The Morgan fingerprint density at radius 1 is 1.29 bits per heavy atom. The van der Waals surface area contributed by atoms with E-state index >= 15 is 0 Å². The van der Waals surface area contributed by atoms with Crippen LogP contribution in [0.1, 0.15) is 18.4 Å². The summed E-state index contributed by atoms with van der Waals surface area (Å²) in [5.74, 6) is 0. The van der Waals surface area contributed by atoms with Crippen molar-refractivity contribution in [3.05, 3.63) is 28.1 Å². The monoisotopic (exact) mass is 300 g/mol. The smallest absolute Gasteiger partial charge is 0.0411 e. The van der Waals surface area contributed by atoms with Crippen molar-refractivity contribution in [3.8, 4) is 0 Å². The fraction of sp³-hybridized carbons (Fsp3) is 0.273. The number of hydrogen-bond donors (Lipinski definition) is 2. The van der Waals surface area contributed by atoms with Crippen molar-refractivity contribution >= 4 is 40.1 Å². The quantitative estimate of drug-likeness (QED) is 0.459. The molecule has 3 heteroatoms. The third kappa shape index (κ3) is 1.49. The van der Waals surface area contributed by atoms with Crippen LogP contribution < -0.4 is 21.9 Å². The first-order chi connectivity index (χ1) is 6.74. The van der Waals surface area contributed by atoms with Crippen molar-refractivity contribution in [1.82, 2.24) is 0 Å². The molecular formula is C11H13IN2. The van der Waals surface area contributed by atoms with Gasteiger partial charge in [-0.15, -0.1) is 0 Å². The second-order valence-corrected chi connectivity index (χ2v) is 4.27. The minimum Gasteiger partial charge on any atom is -0.401 e. The standard InChI is InChI=1S/C11H13IN2/c12-6-7-4-5-10(14)11-8(7)2-1-3-9(11)13/h2,4-5H,1,3,6,13-14H2. The van der Waals surface area contributed by atoms with Gasteiger partial charge in [0, 0.05) is 21.0 Å². The molecule has 1 aliphatic carbocycles. The summed E-state index contributed by atoms with van der Waals surface area (Å²) in [6.45, 7) is 0. The zero-order valence-electron chi connectivity index (χ0n) is 7.89. The molecule has 14 heavy (non-hydrogen) atoms. The zero-order chi connectivity index (χ0) is 10.1. The molecule has 2 rings (SSSR count). The van der Waals surface area contributed by atoms with Crippen molar-refractivity contribution in [1.29, 1.82) is 0 Å². The summed E-state index contributed by atoms with van der Waals surface area (Å²) >= 11 is 2.37. The minimum atomic E-state index is 0.807. The molecule has 1 aromatic carbocycles. The van der Waals surface area contributed by atoms with E-state index in [1.165, 1.54) is 10.8 Å². The Balaban J connectivity index is 2.91. The third-order valence-electron chi connectivity index (χ3n) is 2.60. The van der Waals surface area contributed by atoms with Crippen LogP contribution in [0.5, 0.6) is 0 Å². The molecule has 0 amide bonds. The number of anilines is 1. The first kappa shape index (κ1) is 9.83. The highest BCUT2D eigenvalue weighted by Gasteiger charge is 2.06. The molecule has 0 fully saturated rings. The Morgan fingerprint density at radius 2 is 2.07 bits per heavy atom. The van der Waals surface area contributed by atoms with Crippen LogP contribution in [0.4, 0.5) is 5.69 Å². The molecule has 1 aromatic rings. The molecule has 0 aliphatic heterocycles. The molecule has 0 bridgehead atoms. The third-order valence-corrected chi connectivity index (χ3v) is 3.42. The van der Waals surface area contributed by atoms with Crippen molar-refractivity contribution < 1.29 is 0 Å². The normalized spacial score (nSPS) is 14.8. The van der Waals surface area contributed by atoms with Gasteiger partial charge in [-0.1, -0.05) is 34.7 Å². The van der Waals surface area contributed by atoms with Crippen LogP contribution in [0.25, 0.3) is 11.8 Å². The van der Waals surface area contributed by atoms with Crippen LogP contribution in [0.2, 0.25) is 0 Å². The van der Waals surface area contributed by atoms with Gasteiger partial charge in [-0.25, -0.2) is 0 Å². The maximum atomic E-state index is 5.98. The molecule has 4 N–H and O–H groups in total. The predicted molar refractivity (Wildman–Crippen MR) is 69.1 cm³/mol. The lowest BCUT2D eigenvalue weighted by Gasteiger charge is -2.10. The Bertz CT molecular complexity index is 477. The van der Waals surface area contributed by atoms with Gasteiger partial charge in [-0.3, -0.25) is 0 Å². The van der Waals surface area contributed by atoms with E-state index in [0.717, 1.165) is 33.9 Å². The van der Waals surface area contributed by atoms with Gasteiger partial charge in [0.15, 0.2) is 0 Å². The summed E-state index contributed by atoms with van der Waals surface area (Å²) in [7, 11) is 0. The van der Waals surface area contributed by atoms with Gasteiger partial charge in [0.05, 0.1) is 0 Å². The summed E-state index contributed by atoms with van der Waals surface area (Å²) in [6.07, 6.45) is 4.21. The number of halogens is 1. The number of hydrogen-bond acceptors (Lipinski definition) is 2. The van der Waals surface area contributed by atoms with Crippen molar-refractivity contribution in [2.45, 2.75) is 17.3 Å². The Hall–Kier alpha value is -0.710. The molecule has 0 unspecified atom stereocenters. The summed E-state index contributed by atoms with van der Waals surface area (Å²) < 4.78 is 1.00. The maximum absolute atomic E-state index is 5.98. The van der Waals surface area contributed by atoms with Gasteiger partial charge in [0.1, 0.15) is 0 Å². The predicted octanol–water partition coefficient (Wildman–Crippen LogP) is 0.845. The average molecular weight is 300 g/mol. The Kier molecular flexibility index (Phi) is 2.67. The minimum absolute atomic E-state index is 0.807. The molecule has 0 saturated carbocycles. The van der Waals surface area contributed by atoms with Crippen LogP contribution in [0.15, 0.2) is 12.1 Å². The zero-order valence-corrected chi connectivity index (χ0v) is 10.0. The summed E-state index contributed by atoms with van der Waals surface area (Å²) in [6, 6.07) is 4.05. The molecule has 0 spiro atoms. The molecule has 2 nitrogen and oxygen atoms in total. The van der Waals surface area contributed by atoms with Crippen molar-refractivity contribution in [2.75, 3.05) is 5.73 Å². The first-order valence-electron chi connectivity index (χ1n) is 4.66. The van der Waals surface area contributed by atoms with Crippen LogP contribution in [0, 0.1) is 0 Å². The molecular weight excluding hydrogens is 287 g/mol. The van der Waals surface area contributed by atoms with Crippen LogP contribution in [-0.2, 0) is 4.43 Å². The summed E-state index contributed by atoms with van der Waals surface area (Å²) in [5.41, 5.74) is 15.0. The van der Waals surface area contributed by atoms with Crippen molar-refractivity contribution in [2.24, 2.45) is 5.73 Å². The van der Waals surface area contributed by atoms with E-state index in [0.29, 0.717) is 0 Å². The first-order valence-corrected chi connectivity index (χ1v) is 6.18. The molecule has 0 heterocycles. The Morgan fingerprint density at radius 3 is 2.79 bits per heavy atom. The molecule has 74 valence electrons. The number of nitrogens with two attached hydrogens (primary N) is 2. The number of rotatable bonds is 1. The van der Waals surface area contributed by atoms with E-state index in [1.807, 2.05) is 6.07 Å². The van der Waals surface area contributed by atoms with Crippen LogP contribution in [-0.4, -0.2) is 0 Å². The second kappa shape index (κ2) is 3.81. The summed E-state index contributed by atoms with van der Waals surface area (Å²) in [5, 5.41) is 2.33. The highest BCUT2D eigenvalue weighted by Crippen LogP contribution is 2.07. The lowest BCUT2D eigenvalue weighted by atomic mass is 10.0. The SMILES string of the molecule is NC1=c2c(N)ccc(CI)c2=CCC1. The van der Waals surface area contributed by atoms with Gasteiger partial charge in [0.2, 0.25) is 0 Å². The Labute approximate surface area is 96.8 Å². The lowest BCUT2D eigenvalue weighted by Crippen LogP contribution is -2.37. The highest BCUT2D eigenvalue weighted by molar-refractivity contribution is 14.1. The van der Waals surface area contributed by atoms with Gasteiger partial charge in [0.25, 0.3) is 0 Å². The average Bonchev–Trinajstić information content (AvgIpc) is 2.18. The lowest BCUT2D eigenvalue weighted by molar-refractivity contribution is 1.05. The van der Waals surface area contributed by atoms with E-state index in [2.05, 4.69) is 34.7 Å². The topological polar surface area (TPSA) is 52.0 Å². The van der Waals surface area contributed by atoms with Gasteiger partial charge >= 0.3 is 0 Å².